The van der Waals surface area contributed by atoms with Gasteiger partial charge in [0.05, 0.1) is 12.1 Å². The number of ether oxygens (including phenoxy) is 1. The molecule has 2 N–H and O–H groups in total. The number of hydrogen-bond acceptors (Lipinski definition) is 6. The average Bonchev–Trinajstić information content (AvgIpc) is 3.06. The van der Waals surface area contributed by atoms with E-state index in [0.29, 0.717) is 0 Å². The highest BCUT2D eigenvalue weighted by atomic mass is 16.5. The molecule has 1 aromatic heterocycles. The van der Waals surface area contributed by atoms with Gasteiger partial charge in [-0.05, 0) is 39.7 Å². The summed E-state index contributed by atoms with van der Waals surface area (Å²) in [7, 11) is 1.79. The number of nitrogens with one attached hydrogen (secondary N) is 2. The molecule has 6 heteroatoms. The summed E-state index contributed by atoms with van der Waals surface area (Å²) in [6, 6.07) is 0.248. The van der Waals surface area contributed by atoms with Crippen molar-refractivity contribution < 1.29 is 4.74 Å². The molecule has 0 bridgehead atoms. The van der Waals surface area contributed by atoms with Gasteiger partial charge >= 0.3 is 0 Å². The van der Waals surface area contributed by atoms with Gasteiger partial charge in [-0.25, -0.2) is 4.98 Å². The molecule has 2 aliphatic heterocycles. The molecule has 3 heterocycles. The number of rotatable bonds is 4. The highest BCUT2D eigenvalue weighted by Crippen LogP contribution is 2.24. The van der Waals surface area contributed by atoms with Crippen LogP contribution in [0.5, 0.6) is 0 Å². The van der Waals surface area contributed by atoms with Crippen molar-refractivity contribution in [2.24, 2.45) is 0 Å². The molecule has 0 amide bonds. The van der Waals surface area contributed by atoms with Crippen molar-refractivity contribution in [3.05, 3.63) is 11.3 Å². The SMILES string of the molecule is CO[C@@H]1CCNC[C@@H]1Nc1nc(N2CCCC2)nc(C)c1C. The first-order valence-electron chi connectivity index (χ1n) is 8.29. The Morgan fingerprint density at radius 2 is 2.00 bits per heavy atom. The fourth-order valence-corrected chi connectivity index (χ4v) is 3.25. The Morgan fingerprint density at radius 1 is 1.23 bits per heavy atom. The highest BCUT2D eigenvalue weighted by Gasteiger charge is 2.26. The Bertz CT molecular complexity index is 516. The van der Waals surface area contributed by atoms with Crippen molar-refractivity contribution in [1.29, 1.82) is 0 Å². The Balaban J connectivity index is 1.82. The lowest BCUT2D eigenvalue weighted by Crippen LogP contribution is -2.49. The van der Waals surface area contributed by atoms with Crippen LogP contribution in [-0.4, -0.2) is 55.4 Å². The molecule has 122 valence electrons. The van der Waals surface area contributed by atoms with Gasteiger partial charge in [0, 0.05) is 38.0 Å². The van der Waals surface area contributed by atoms with Crippen LogP contribution in [0.25, 0.3) is 0 Å². The van der Waals surface area contributed by atoms with Gasteiger partial charge in [0.25, 0.3) is 0 Å². The van der Waals surface area contributed by atoms with Crippen LogP contribution < -0.4 is 15.5 Å². The molecule has 2 aliphatic rings. The van der Waals surface area contributed by atoms with Crippen LogP contribution in [0.4, 0.5) is 11.8 Å². The number of nitrogens with zero attached hydrogens (tertiary/aromatic N) is 3. The first-order chi connectivity index (χ1) is 10.7. The second-order valence-electron chi connectivity index (χ2n) is 6.29. The molecule has 0 spiro atoms. The second kappa shape index (κ2) is 6.79. The lowest BCUT2D eigenvalue weighted by molar-refractivity contribution is 0.0664. The van der Waals surface area contributed by atoms with Gasteiger partial charge in [-0.3, -0.25) is 0 Å². The maximum atomic E-state index is 5.62. The van der Waals surface area contributed by atoms with Gasteiger partial charge in [-0.1, -0.05) is 0 Å². The van der Waals surface area contributed by atoms with Crippen molar-refractivity contribution >= 4 is 11.8 Å². The monoisotopic (exact) mass is 305 g/mol. The van der Waals surface area contributed by atoms with Crippen LogP contribution in [0.3, 0.4) is 0 Å². The zero-order valence-electron chi connectivity index (χ0n) is 13.9. The first-order valence-corrected chi connectivity index (χ1v) is 8.29. The largest absolute Gasteiger partial charge is 0.379 e. The third-order valence-electron chi connectivity index (χ3n) is 4.81. The molecule has 0 unspecified atom stereocenters. The minimum absolute atomic E-state index is 0.228. The quantitative estimate of drug-likeness (QED) is 0.879. The summed E-state index contributed by atoms with van der Waals surface area (Å²) in [4.78, 5) is 11.8. The van der Waals surface area contributed by atoms with E-state index in [1.165, 1.54) is 12.8 Å². The zero-order chi connectivity index (χ0) is 15.5. The molecular weight excluding hydrogens is 278 g/mol. The van der Waals surface area contributed by atoms with E-state index in [2.05, 4.69) is 34.4 Å². The van der Waals surface area contributed by atoms with E-state index in [1.54, 1.807) is 7.11 Å². The molecule has 2 atom stereocenters. The fraction of sp³-hybridized carbons (Fsp3) is 0.750. The van der Waals surface area contributed by atoms with Crippen LogP contribution in [0.15, 0.2) is 0 Å². The Hall–Kier alpha value is -1.40. The standard InChI is InChI=1S/C16H27N5O/c1-11-12(2)18-16(21-8-4-5-9-21)20-15(11)19-13-10-17-7-6-14(13)22-3/h13-14,17H,4-10H2,1-3H3,(H,18,19,20)/t13-,14+/m0/s1. The van der Waals surface area contributed by atoms with Crippen LogP contribution in [0.2, 0.25) is 0 Å². The fourth-order valence-electron chi connectivity index (χ4n) is 3.25. The van der Waals surface area contributed by atoms with E-state index in [-0.39, 0.29) is 12.1 Å². The molecule has 1 aromatic rings. The minimum Gasteiger partial charge on any atom is -0.379 e. The van der Waals surface area contributed by atoms with Gasteiger partial charge in [0.15, 0.2) is 0 Å². The molecule has 3 rings (SSSR count). The highest BCUT2D eigenvalue weighted by molar-refractivity contribution is 5.51. The molecule has 2 fully saturated rings. The van der Waals surface area contributed by atoms with Crippen LogP contribution in [0, 0.1) is 13.8 Å². The first kappa shape index (κ1) is 15.5. The summed E-state index contributed by atoms with van der Waals surface area (Å²) in [5, 5.41) is 7.02. The zero-order valence-corrected chi connectivity index (χ0v) is 13.9. The molecular formula is C16H27N5O. The normalized spacial score (nSPS) is 25.5. The maximum absolute atomic E-state index is 5.62. The predicted molar refractivity (Wildman–Crippen MR) is 88.6 cm³/mol. The number of piperidine rings is 1. The van der Waals surface area contributed by atoms with Crippen LogP contribution in [-0.2, 0) is 4.74 Å². The topological polar surface area (TPSA) is 62.3 Å². The average molecular weight is 305 g/mol. The van der Waals surface area contributed by atoms with E-state index >= 15 is 0 Å². The van der Waals surface area contributed by atoms with Crippen molar-refractivity contribution in [1.82, 2.24) is 15.3 Å². The molecule has 22 heavy (non-hydrogen) atoms. The van der Waals surface area contributed by atoms with Gasteiger partial charge < -0.3 is 20.3 Å². The van der Waals surface area contributed by atoms with Crippen molar-refractivity contribution in [2.75, 3.05) is 43.5 Å². The number of hydrogen-bond donors (Lipinski definition) is 2. The van der Waals surface area contributed by atoms with Crippen molar-refractivity contribution in [2.45, 2.75) is 45.3 Å². The molecule has 2 saturated heterocycles. The van der Waals surface area contributed by atoms with Crippen LogP contribution in [0.1, 0.15) is 30.5 Å². The molecule has 0 saturated carbocycles. The van der Waals surface area contributed by atoms with Gasteiger partial charge in [0.2, 0.25) is 5.95 Å². The van der Waals surface area contributed by atoms with Crippen molar-refractivity contribution in [3.8, 4) is 0 Å². The Labute approximate surface area is 132 Å². The van der Waals surface area contributed by atoms with Gasteiger partial charge in [-0.15, -0.1) is 0 Å². The molecule has 0 aliphatic carbocycles. The third kappa shape index (κ3) is 3.17. The summed E-state index contributed by atoms with van der Waals surface area (Å²) >= 11 is 0. The lowest BCUT2D eigenvalue weighted by atomic mass is 10.0. The van der Waals surface area contributed by atoms with E-state index in [1.807, 2.05) is 0 Å². The Kier molecular flexibility index (Phi) is 4.78. The van der Waals surface area contributed by atoms with E-state index in [0.717, 1.165) is 55.6 Å². The number of methoxy groups -OCH3 is 1. The molecule has 0 aromatic carbocycles. The number of aromatic nitrogens is 2. The second-order valence-corrected chi connectivity index (χ2v) is 6.29. The summed E-state index contributed by atoms with van der Waals surface area (Å²) in [6.07, 6.45) is 3.72. The minimum atomic E-state index is 0.228. The van der Waals surface area contributed by atoms with Crippen molar-refractivity contribution in [3.63, 3.8) is 0 Å². The van der Waals surface area contributed by atoms with Crippen LogP contribution >= 0.6 is 0 Å². The van der Waals surface area contributed by atoms with Gasteiger partial charge in [0.1, 0.15) is 5.82 Å². The summed E-state index contributed by atoms with van der Waals surface area (Å²) in [5.74, 6) is 1.81. The number of aryl methyl sites for hydroxylation is 1. The lowest BCUT2D eigenvalue weighted by Gasteiger charge is -2.32. The molecule has 0 radical (unpaired) electrons. The summed E-state index contributed by atoms with van der Waals surface area (Å²) in [6.45, 7) is 8.19. The Morgan fingerprint density at radius 3 is 2.73 bits per heavy atom. The smallest absolute Gasteiger partial charge is 0.227 e. The summed E-state index contributed by atoms with van der Waals surface area (Å²) < 4.78 is 5.62. The van der Waals surface area contributed by atoms with Gasteiger partial charge in [-0.2, -0.15) is 4.98 Å². The molecule has 6 nitrogen and oxygen atoms in total. The van der Waals surface area contributed by atoms with E-state index in [9.17, 15) is 0 Å². The maximum Gasteiger partial charge on any atom is 0.227 e. The predicted octanol–water partition coefficient (Wildman–Crippen LogP) is 1.48. The van der Waals surface area contributed by atoms with E-state index in [4.69, 9.17) is 9.72 Å². The third-order valence-corrected chi connectivity index (χ3v) is 4.81. The summed E-state index contributed by atoms with van der Waals surface area (Å²) in [5.41, 5.74) is 2.18. The van der Waals surface area contributed by atoms with E-state index < -0.39 is 0 Å². The number of anilines is 2.